The molecule has 1 N–H and O–H groups in total. The third-order valence-electron chi connectivity index (χ3n) is 4.37. The number of aryl methyl sites for hydroxylation is 1. The van der Waals surface area contributed by atoms with Gasteiger partial charge < -0.3 is 10.1 Å². The minimum absolute atomic E-state index is 0.0464. The maximum Gasteiger partial charge on any atom is 0.256 e. The van der Waals surface area contributed by atoms with E-state index < -0.39 is 0 Å². The molecule has 0 aliphatic carbocycles. The molecule has 0 bridgehead atoms. The van der Waals surface area contributed by atoms with Crippen molar-refractivity contribution in [2.75, 3.05) is 5.32 Å². The Hall–Kier alpha value is -3.74. The number of rotatable bonds is 5. The number of anilines is 1. The van der Waals surface area contributed by atoms with Crippen LogP contribution in [0.25, 0.3) is 21.9 Å². The van der Waals surface area contributed by atoms with Gasteiger partial charge >= 0.3 is 0 Å². The van der Waals surface area contributed by atoms with Crippen LogP contribution in [0.3, 0.4) is 0 Å². The Labute approximate surface area is 168 Å². The first-order valence-electron chi connectivity index (χ1n) is 9.31. The Balaban J connectivity index is 1.76. The predicted molar refractivity (Wildman–Crippen MR) is 112 cm³/mol. The molecule has 0 saturated carbocycles. The number of fused-ring (bicyclic) bond motifs is 1. The van der Waals surface area contributed by atoms with Gasteiger partial charge in [0.25, 0.3) is 5.91 Å². The molecule has 7 heteroatoms. The number of hydrogen-bond acceptors (Lipinski definition) is 5. The van der Waals surface area contributed by atoms with Crippen LogP contribution in [0, 0.1) is 0 Å². The van der Waals surface area contributed by atoms with Crippen LogP contribution in [-0.2, 0) is 7.05 Å². The van der Waals surface area contributed by atoms with Crippen molar-refractivity contribution in [1.82, 2.24) is 19.7 Å². The highest BCUT2D eigenvalue weighted by molar-refractivity contribution is 6.05. The van der Waals surface area contributed by atoms with Crippen molar-refractivity contribution in [3.63, 3.8) is 0 Å². The van der Waals surface area contributed by atoms with Crippen LogP contribution in [0.5, 0.6) is 5.88 Å². The fraction of sp³-hybridized carbons (Fsp3) is 0.182. The van der Waals surface area contributed by atoms with E-state index in [9.17, 15) is 4.79 Å². The Morgan fingerprint density at radius 2 is 1.90 bits per heavy atom. The lowest BCUT2D eigenvalue weighted by Gasteiger charge is -2.14. The molecule has 4 rings (SSSR count). The quantitative estimate of drug-likeness (QED) is 0.558. The number of pyridine rings is 2. The highest BCUT2D eigenvalue weighted by Crippen LogP contribution is 2.31. The summed E-state index contributed by atoms with van der Waals surface area (Å²) in [7, 11) is 1.88. The molecule has 3 heterocycles. The fourth-order valence-electron chi connectivity index (χ4n) is 3.04. The second-order valence-corrected chi connectivity index (χ2v) is 7.01. The number of nitrogens with zero attached hydrogens (tertiary/aromatic N) is 4. The van der Waals surface area contributed by atoms with Gasteiger partial charge in [-0.1, -0.05) is 6.07 Å². The normalized spacial score (nSPS) is 11.0. The maximum absolute atomic E-state index is 12.5. The van der Waals surface area contributed by atoms with Crippen LogP contribution in [0.1, 0.15) is 24.2 Å². The summed E-state index contributed by atoms with van der Waals surface area (Å²) in [4.78, 5) is 21.0. The Morgan fingerprint density at radius 1 is 1.10 bits per heavy atom. The SMILES string of the molecule is CC(C)Oc1nc(NC(=O)c2ccncc2)cc2cc(-c3cnn(C)c3)ccc12. The summed E-state index contributed by atoms with van der Waals surface area (Å²) in [6, 6.07) is 11.2. The molecule has 4 aromatic rings. The average Bonchev–Trinajstić information content (AvgIpc) is 3.14. The molecule has 29 heavy (non-hydrogen) atoms. The van der Waals surface area contributed by atoms with Gasteiger partial charge in [-0.3, -0.25) is 14.5 Å². The van der Waals surface area contributed by atoms with Gasteiger partial charge in [-0.25, -0.2) is 0 Å². The second kappa shape index (κ2) is 7.71. The third-order valence-corrected chi connectivity index (χ3v) is 4.37. The Morgan fingerprint density at radius 3 is 2.59 bits per heavy atom. The summed E-state index contributed by atoms with van der Waals surface area (Å²) < 4.78 is 7.68. The summed E-state index contributed by atoms with van der Waals surface area (Å²) in [6.07, 6.45) is 6.89. The lowest BCUT2D eigenvalue weighted by Crippen LogP contribution is -2.14. The molecule has 0 saturated heterocycles. The molecular formula is C22H21N5O2. The van der Waals surface area contributed by atoms with Gasteiger partial charge in [-0.15, -0.1) is 0 Å². The molecule has 3 aromatic heterocycles. The minimum Gasteiger partial charge on any atom is -0.474 e. The van der Waals surface area contributed by atoms with Crippen molar-refractivity contribution in [2.45, 2.75) is 20.0 Å². The van der Waals surface area contributed by atoms with Gasteiger partial charge in [0.2, 0.25) is 5.88 Å². The molecule has 0 aliphatic rings. The predicted octanol–water partition coefficient (Wildman–Crippen LogP) is 4.07. The van der Waals surface area contributed by atoms with E-state index in [1.54, 1.807) is 29.2 Å². The van der Waals surface area contributed by atoms with Gasteiger partial charge in [0, 0.05) is 42.2 Å². The number of amides is 1. The number of nitrogens with one attached hydrogen (secondary N) is 1. The van der Waals surface area contributed by atoms with E-state index in [0.29, 0.717) is 17.3 Å². The van der Waals surface area contributed by atoms with Crippen LogP contribution in [-0.4, -0.2) is 31.8 Å². The molecule has 0 atom stereocenters. The molecule has 0 radical (unpaired) electrons. The van der Waals surface area contributed by atoms with Crippen LogP contribution < -0.4 is 10.1 Å². The molecule has 0 aliphatic heterocycles. The zero-order chi connectivity index (χ0) is 20.4. The first kappa shape index (κ1) is 18.6. The van der Waals surface area contributed by atoms with Crippen LogP contribution in [0.15, 0.2) is 61.2 Å². The second-order valence-electron chi connectivity index (χ2n) is 7.01. The summed E-state index contributed by atoms with van der Waals surface area (Å²) in [5.41, 5.74) is 2.55. The zero-order valence-corrected chi connectivity index (χ0v) is 16.5. The zero-order valence-electron chi connectivity index (χ0n) is 16.5. The molecule has 1 aromatic carbocycles. The monoisotopic (exact) mass is 387 g/mol. The van der Waals surface area contributed by atoms with E-state index in [1.807, 2.05) is 57.6 Å². The molecule has 1 amide bonds. The number of ether oxygens (including phenoxy) is 1. The summed E-state index contributed by atoms with van der Waals surface area (Å²) in [5, 5.41) is 8.89. The lowest BCUT2D eigenvalue weighted by atomic mass is 10.0. The van der Waals surface area contributed by atoms with Crippen molar-refractivity contribution in [1.29, 1.82) is 0 Å². The van der Waals surface area contributed by atoms with Crippen LogP contribution >= 0.6 is 0 Å². The van der Waals surface area contributed by atoms with Crippen LogP contribution in [0.2, 0.25) is 0 Å². The molecule has 0 fully saturated rings. The van der Waals surface area contributed by atoms with Gasteiger partial charge in [-0.2, -0.15) is 10.1 Å². The summed E-state index contributed by atoms with van der Waals surface area (Å²) in [5.74, 6) is 0.664. The number of carbonyl (C=O) groups excluding carboxylic acids is 1. The molecule has 7 nitrogen and oxygen atoms in total. The summed E-state index contributed by atoms with van der Waals surface area (Å²) in [6.45, 7) is 3.89. The number of hydrogen-bond donors (Lipinski definition) is 1. The Kier molecular flexibility index (Phi) is 4.95. The number of benzene rings is 1. The van der Waals surface area contributed by atoms with Crippen molar-refractivity contribution in [3.05, 3.63) is 66.7 Å². The van der Waals surface area contributed by atoms with Gasteiger partial charge in [-0.05, 0) is 55.1 Å². The lowest BCUT2D eigenvalue weighted by molar-refractivity contribution is 0.102. The third kappa shape index (κ3) is 4.08. The number of carbonyl (C=O) groups is 1. The molecule has 146 valence electrons. The van der Waals surface area contributed by atoms with Crippen molar-refractivity contribution in [3.8, 4) is 17.0 Å². The van der Waals surface area contributed by atoms with E-state index in [2.05, 4.69) is 20.4 Å². The average molecular weight is 387 g/mol. The largest absolute Gasteiger partial charge is 0.474 e. The first-order chi connectivity index (χ1) is 14.0. The van der Waals surface area contributed by atoms with Crippen molar-refractivity contribution in [2.24, 2.45) is 7.05 Å². The van der Waals surface area contributed by atoms with Crippen molar-refractivity contribution < 1.29 is 9.53 Å². The molecule has 0 unspecified atom stereocenters. The smallest absolute Gasteiger partial charge is 0.256 e. The fourth-order valence-corrected chi connectivity index (χ4v) is 3.04. The van der Waals surface area contributed by atoms with Gasteiger partial charge in [0.1, 0.15) is 5.82 Å². The number of aromatic nitrogens is 4. The Bertz CT molecular complexity index is 1170. The highest BCUT2D eigenvalue weighted by atomic mass is 16.5. The first-order valence-corrected chi connectivity index (χ1v) is 9.31. The van der Waals surface area contributed by atoms with Gasteiger partial charge in [0.05, 0.1) is 12.3 Å². The summed E-state index contributed by atoms with van der Waals surface area (Å²) >= 11 is 0. The van der Waals surface area contributed by atoms with E-state index in [4.69, 9.17) is 4.74 Å². The standard InChI is InChI=1S/C22H21N5O2/c1-14(2)29-22-19-5-4-16(18-12-24-27(3)13-18)10-17(19)11-20(26-22)25-21(28)15-6-8-23-9-7-15/h4-14H,1-3H3,(H,25,26,28). The highest BCUT2D eigenvalue weighted by Gasteiger charge is 2.13. The maximum atomic E-state index is 12.5. The molecule has 0 spiro atoms. The van der Waals surface area contributed by atoms with Crippen molar-refractivity contribution >= 4 is 22.5 Å². The van der Waals surface area contributed by atoms with Crippen LogP contribution in [0.4, 0.5) is 5.82 Å². The minimum atomic E-state index is -0.252. The van der Waals surface area contributed by atoms with E-state index in [0.717, 1.165) is 21.9 Å². The molecular weight excluding hydrogens is 366 g/mol. The van der Waals surface area contributed by atoms with Gasteiger partial charge in [0.15, 0.2) is 0 Å². The van der Waals surface area contributed by atoms with E-state index in [1.165, 1.54) is 0 Å². The topological polar surface area (TPSA) is 81.9 Å². The van der Waals surface area contributed by atoms with E-state index >= 15 is 0 Å². The van der Waals surface area contributed by atoms with E-state index in [-0.39, 0.29) is 12.0 Å².